The van der Waals surface area contributed by atoms with Crippen molar-refractivity contribution in [1.29, 1.82) is 0 Å². The number of carbonyl (C=O) groups excluding carboxylic acids is 1. The number of nitrogens with zero attached hydrogens (tertiary/aromatic N) is 2. The van der Waals surface area contributed by atoms with Crippen LogP contribution in [0.5, 0.6) is 0 Å². The fourth-order valence-corrected chi connectivity index (χ4v) is 1.70. The molecule has 0 spiro atoms. The van der Waals surface area contributed by atoms with Gasteiger partial charge >= 0.3 is 0 Å². The van der Waals surface area contributed by atoms with Gasteiger partial charge in [0.1, 0.15) is 6.54 Å². The minimum absolute atomic E-state index is 0. The molecule has 0 aromatic rings. The van der Waals surface area contributed by atoms with Crippen LogP contribution in [0.25, 0.3) is 0 Å². The van der Waals surface area contributed by atoms with Gasteiger partial charge in [0, 0.05) is 26.2 Å². The van der Waals surface area contributed by atoms with Crippen molar-refractivity contribution in [2.45, 2.75) is 38.6 Å². The lowest BCUT2D eigenvalue weighted by Gasteiger charge is -2.21. The van der Waals surface area contributed by atoms with E-state index in [9.17, 15) is 4.79 Å². The first kappa shape index (κ1) is 19.2. The predicted molar refractivity (Wildman–Crippen MR) is 94.6 cm³/mol. The highest BCUT2D eigenvalue weighted by molar-refractivity contribution is 14.0. The van der Waals surface area contributed by atoms with E-state index in [1.165, 1.54) is 0 Å². The van der Waals surface area contributed by atoms with Crippen molar-refractivity contribution in [3.05, 3.63) is 12.7 Å². The smallest absolute Gasteiger partial charge is 0.242 e. The molecule has 20 heavy (non-hydrogen) atoms. The number of allylic oxidation sites excluding steroid dienone is 1. The average molecular weight is 394 g/mol. The summed E-state index contributed by atoms with van der Waals surface area (Å²) in [5.41, 5.74) is 0. The van der Waals surface area contributed by atoms with Gasteiger partial charge in [0.05, 0.1) is 0 Å². The molecule has 5 nitrogen and oxygen atoms in total. The van der Waals surface area contributed by atoms with E-state index < -0.39 is 0 Å². The largest absolute Gasteiger partial charge is 0.357 e. The maximum atomic E-state index is 11.6. The molecule has 0 aromatic carbocycles. The van der Waals surface area contributed by atoms with Gasteiger partial charge in [-0.25, -0.2) is 4.99 Å². The number of hydrogen-bond acceptors (Lipinski definition) is 2. The van der Waals surface area contributed by atoms with Crippen molar-refractivity contribution in [1.82, 2.24) is 15.5 Å². The van der Waals surface area contributed by atoms with Crippen LogP contribution >= 0.6 is 24.0 Å². The molecule has 0 saturated heterocycles. The number of unbranched alkanes of at least 4 members (excludes halogenated alkanes) is 1. The molecule has 1 fully saturated rings. The fourth-order valence-electron chi connectivity index (χ4n) is 1.70. The molecule has 116 valence electrons. The molecule has 1 aliphatic rings. The first-order valence-corrected chi connectivity index (χ1v) is 7.07. The van der Waals surface area contributed by atoms with Gasteiger partial charge in [-0.15, -0.1) is 30.6 Å². The first-order valence-electron chi connectivity index (χ1n) is 7.07. The third-order valence-electron chi connectivity index (χ3n) is 2.91. The normalized spacial score (nSPS) is 14.2. The molecular weight excluding hydrogens is 367 g/mol. The molecule has 1 rings (SSSR count). The Labute approximate surface area is 139 Å². The maximum absolute atomic E-state index is 11.6. The molecule has 1 aliphatic carbocycles. The van der Waals surface area contributed by atoms with Crippen LogP contribution in [-0.4, -0.2) is 49.5 Å². The summed E-state index contributed by atoms with van der Waals surface area (Å²) < 4.78 is 0. The van der Waals surface area contributed by atoms with Crippen molar-refractivity contribution in [2.24, 2.45) is 4.99 Å². The van der Waals surface area contributed by atoms with Crippen molar-refractivity contribution in [2.75, 3.05) is 26.7 Å². The molecule has 1 amide bonds. The summed E-state index contributed by atoms with van der Waals surface area (Å²) in [7, 11) is 1.99. The Bertz CT molecular complexity index is 329. The van der Waals surface area contributed by atoms with Crippen LogP contribution in [0.1, 0.15) is 32.6 Å². The summed E-state index contributed by atoms with van der Waals surface area (Å²) >= 11 is 0. The van der Waals surface area contributed by atoms with Crippen LogP contribution in [-0.2, 0) is 4.79 Å². The molecule has 0 atom stereocenters. The number of carbonyl (C=O) groups is 1. The number of hydrogen-bond donors (Lipinski definition) is 2. The number of rotatable bonds is 8. The molecular formula is C14H27IN4O. The molecule has 0 heterocycles. The van der Waals surface area contributed by atoms with Crippen LogP contribution in [0.3, 0.4) is 0 Å². The highest BCUT2D eigenvalue weighted by Crippen LogP contribution is 2.18. The molecule has 2 N–H and O–H groups in total. The zero-order valence-corrected chi connectivity index (χ0v) is 14.9. The lowest BCUT2D eigenvalue weighted by molar-refractivity contribution is -0.119. The molecule has 0 aromatic heterocycles. The second kappa shape index (κ2) is 10.9. The minimum Gasteiger partial charge on any atom is -0.357 e. The molecule has 6 heteroatoms. The highest BCUT2D eigenvalue weighted by atomic mass is 127. The maximum Gasteiger partial charge on any atom is 0.242 e. The van der Waals surface area contributed by atoms with Crippen molar-refractivity contribution in [3.8, 4) is 0 Å². The van der Waals surface area contributed by atoms with E-state index >= 15 is 0 Å². The number of aliphatic imine (C=N–C) groups is 1. The van der Waals surface area contributed by atoms with Gasteiger partial charge in [-0.3, -0.25) is 4.79 Å². The number of guanidine groups is 1. The zero-order chi connectivity index (χ0) is 14.1. The summed E-state index contributed by atoms with van der Waals surface area (Å²) in [6.07, 6.45) is 6.17. The molecule has 0 aliphatic heterocycles. The Morgan fingerprint density at radius 1 is 1.50 bits per heavy atom. The van der Waals surface area contributed by atoms with Crippen LogP contribution in [0.2, 0.25) is 0 Å². The van der Waals surface area contributed by atoms with Gasteiger partial charge in [-0.05, 0) is 32.6 Å². The van der Waals surface area contributed by atoms with E-state index in [4.69, 9.17) is 0 Å². The SMILES string of the molecule is C=CCCCN(C)C(=NCC(=O)NC1CC1)NCC.I. The summed E-state index contributed by atoms with van der Waals surface area (Å²) in [5.74, 6) is 0.801. The molecule has 0 unspecified atom stereocenters. The van der Waals surface area contributed by atoms with E-state index in [2.05, 4.69) is 27.1 Å². The lowest BCUT2D eigenvalue weighted by atomic mass is 10.3. The zero-order valence-electron chi connectivity index (χ0n) is 12.5. The minimum atomic E-state index is 0. The molecule has 0 bridgehead atoms. The quantitative estimate of drug-likeness (QED) is 0.217. The second-order valence-electron chi connectivity index (χ2n) is 4.86. The van der Waals surface area contributed by atoms with Gasteiger partial charge in [0.2, 0.25) is 5.91 Å². The molecule has 0 radical (unpaired) electrons. The lowest BCUT2D eigenvalue weighted by Crippen LogP contribution is -2.40. The summed E-state index contributed by atoms with van der Waals surface area (Å²) in [6.45, 7) is 7.64. The average Bonchev–Trinajstić information content (AvgIpc) is 3.18. The van der Waals surface area contributed by atoms with E-state index in [1.54, 1.807) is 0 Å². The van der Waals surface area contributed by atoms with Gasteiger partial charge < -0.3 is 15.5 Å². The highest BCUT2D eigenvalue weighted by Gasteiger charge is 2.22. The summed E-state index contributed by atoms with van der Waals surface area (Å²) in [6, 6.07) is 0.399. The van der Waals surface area contributed by atoms with E-state index in [-0.39, 0.29) is 36.4 Å². The Hall–Kier alpha value is -0.790. The van der Waals surface area contributed by atoms with E-state index in [1.807, 2.05) is 20.0 Å². The Kier molecular flexibility index (Phi) is 10.5. The van der Waals surface area contributed by atoms with Crippen LogP contribution in [0.4, 0.5) is 0 Å². The van der Waals surface area contributed by atoms with Gasteiger partial charge in [0.15, 0.2) is 5.96 Å². The Morgan fingerprint density at radius 2 is 2.20 bits per heavy atom. The van der Waals surface area contributed by atoms with Crippen LogP contribution in [0, 0.1) is 0 Å². The standard InChI is InChI=1S/C14H26N4O.HI/c1-4-6-7-10-18(3)14(15-5-2)16-11-13(19)17-12-8-9-12;/h4,12H,1,5-11H2,2-3H3,(H,15,16)(H,17,19);1H. The monoisotopic (exact) mass is 394 g/mol. The summed E-state index contributed by atoms with van der Waals surface area (Å²) in [4.78, 5) is 18.0. The fraction of sp³-hybridized carbons (Fsp3) is 0.714. The number of nitrogens with one attached hydrogen (secondary N) is 2. The predicted octanol–water partition coefficient (Wildman–Crippen LogP) is 1.75. The van der Waals surface area contributed by atoms with Crippen LogP contribution < -0.4 is 10.6 Å². The molecule has 1 saturated carbocycles. The van der Waals surface area contributed by atoms with E-state index in [0.717, 1.165) is 44.7 Å². The Balaban J connectivity index is 0.00000361. The third kappa shape index (κ3) is 8.39. The Morgan fingerprint density at radius 3 is 2.75 bits per heavy atom. The van der Waals surface area contributed by atoms with Crippen molar-refractivity contribution < 1.29 is 4.79 Å². The van der Waals surface area contributed by atoms with Crippen molar-refractivity contribution >= 4 is 35.8 Å². The van der Waals surface area contributed by atoms with Gasteiger partial charge in [-0.1, -0.05) is 6.08 Å². The van der Waals surface area contributed by atoms with E-state index in [0.29, 0.717) is 6.04 Å². The number of amides is 1. The topological polar surface area (TPSA) is 56.7 Å². The first-order chi connectivity index (χ1) is 9.17. The van der Waals surface area contributed by atoms with Crippen LogP contribution in [0.15, 0.2) is 17.6 Å². The van der Waals surface area contributed by atoms with Crippen molar-refractivity contribution in [3.63, 3.8) is 0 Å². The van der Waals surface area contributed by atoms with Gasteiger partial charge in [0.25, 0.3) is 0 Å². The third-order valence-corrected chi connectivity index (χ3v) is 2.91. The van der Waals surface area contributed by atoms with Gasteiger partial charge in [-0.2, -0.15) is 0 Å². The number of halogens is 1. The second-order valence-corrected chi connectivity index (χ2v) is 4.86. The summed E-state index contributed by atoms with van der Waals surface area (Å²) in [5, 5.41) is 6.14.